The van der Waals surface area contributed by atoms with Gasteiger partial charge in [0, 0.05) is 37.8 Å². The van der Waals surface area contributed by atoms with Crippen LogP contribution in [0.5, 0.6) is 0 Å². The molecule has 2 aromatic heterocycles. The molecule has 29 heavy (non-hydrogen) atoms. The fraction of sp³-hybridized carbons (Fsp3) is 0.316. The number of aromatic amines is 1. The van der Waals surface area contributed by atoms with Gasteiger partial charge >= 0.3 is 0 Å². The van der Waals surface area contributed by atoms with Crippen LogP contribution in [0.4, 0.5) is 0 Å². The van der Waals surface area contributed by atoms with Crippen molar-refractivity contribution in [1.82, 2.24) is 24.9 Å². The predicted molar refractivity (Wildman–Crippen MR) is 108 cm³/mol. The summed E-state index contributed by atoms with van der Waals surface area (Å²) < 4.78 is 32.3. The zero-order valence-electron chi connectivity index (χ0n) is 16.1. The van der Waals surface area contributed by atoms with Gasteiger partial charge in [-0.05, 0) is 30.4 Å². The lowest BCUT2D eigenvalue weighted by atomic mass is 10.1. The number of fused-ring (bicyclic) bond motifs is 2. The van der Waals surface area contributed by atoms with Crippen LogP contribution in [0.3, 0.4) is 0 Å². The third kappa shape index (κ3) is 3.81. The van der Waals surface area contributed by atoms with E-state index in [2.05, 4.69) is 15.3 Å². The molecule has 0 saturated carbocycles. The zero-order chi connectivity index (χ0) is 20.6. The Kier molecular flexibility index (Phi) is 4.97. The molecule has 152 valence electrons. The number of hydrogen-bond acceptors (Lipinski definition) is 6. The molecule has 0 fully saturated rings. The Balaban J connectivity index is 1.83. The summed E-state index contributed by atoms with van der Waals surface area (Å²) in [7, 11) is -0.0811. The maximum absolute atomic E-state index is 12.8. The summed E-state index contributed by atoms with van der Waals surface area (Å²) in [5.41, 5.74) is 2.29. The van der Waals surface area contributed by atoms with Gasteiger partial charge in [-0.25, -0.2) is 8.42 Å². The normalized spacial score (nSPS) is 18.8. The second-order valence-electron chi connectivity index (χ2n) is 6.91. The van der Waals surface area contributed by atoms with Gasteiger partial charge in [-0.15, -0.1) is 0 Å². The van der Waals surface area contributed by atoms with Crippen molar-refractivity contribution in [2.75, 3.05) is 32.6 Å². The molecule has 0 aliphatic carbocycles. The highest BCUT2D eigenvalue weighted by molar-refractivity contribution is 7.91. The third-order valence-corrected chi connectivity index (χ3v) is 6.49. The molecule has 0 radical (unpaired) electrons. The SMILES string of the molecule is CN1CCOCCS(=O)(=O)c2ccc3[nH]nc(c3c2)/C=C/c2cn(C)nc2C1=O. The largest absolute Gasteiger partial charge is 0.379 e. The van der Waals surface area contributed by atoms with Crippen molar-refractivity contribution < 1.29 is 17.9 Å². The maximum Gasteiger partial charge on any atom is 0.274 e. The van der Waals surface area contributed by atoms with Gasteiger partial charge in [0.1, 0.15) is 0 Å². The van der Waals surface area contributed by atoms with E-state index >= 15 is 0 Å². The first-order valence-electron chi connectivity index (χ1n) is 9.11. The molecule has 9 nitrogen and oxygen atoms in total. The minimum Gasteiger partial charge on any atom is -0.379 e. The number of benzene rings is 1. The Bertz CT molecular complexity index is 1210. The van der Waals surface area contributed by atoms with Crippen LogP contribution in [-0.4, -0.2) is 71.8 Å². The average Bonchev–Trinajstić information content (AvgIpc) is 3.27. The lowest BCUT2D eigenvalue weighted by Gasteiger charge is -2.16. The number of nitrogens with one attached hydrogen (secondary N) is 1. The van der Waals surface area contributed by atoms with Gasteiger partial charge in [-0.2, -0.15) is 10.2 Å². The summed E-state index contributed by atoms with van der Waals surface area (Å²) in [5, 5.41) is 12.1. The first kappa shape index (κ1) is 19.3. The van der Waals surface area contributed by atoms with Gasteiger partial charge in [0.2, 0.25) is 0 Å². The van der Waals surface area contributed by atoms with E-state index in [9.17, 15) is 13.2 Å². The van der Waals surface area contributed by atoms with Crippen LogP contribution in [0.1, 0.15) is 21.7 Å². The van der Waals surface area contributed by atoms with Crippen LogP contribution >= 0.6 is 0 Å². The van der Waals surface area contributed by atoms with Crippen molar-refractivity contribution in [2.24, 2.45) is 7.05 Å². The third-order valence-electron chi connectivity index (χ3n) is 4.82. The standard InChI is InChI=1S/C19H21N5O4S/c1-23-7-8-28-9-10-29(26,27)14-4-6-17-15(11-14)16(20-21-17)5-3-13-12-24(2)22-18(13)19(23)25/h3-6,11-12H,7-10H2,1-2H3,(H,20,21)/b5-3+. The van der Waals surface area contributed by atoms with E-state index in [1.54, 1.807) is 55.3 Å². The number of aromatic nitrogens is 4. The first-order chi connectivity index (χ1) is 13.8. The smallest absolute Gasteiger partial charge is 0.274 e. The van der Waals surface area contributed by atoms with Crippen LogP contribution in [0.15, 0.2) is 29.3 Å². The second kappa shape index (κ2) is 7.45. The number of nitrogens with zero attached hydrogens (tertiary/aromatic N) is 4. The lowest BCUT2D eigenvalue weighted by Crippen LogP contribution is -2.31. The van der Waals surface area contributed by atoms with Gasteiger partial charge < -0.3 is 9.64 Å². The molecular formula is C19H21N5O4S. The Morgan fingerprint density at radius 3 is 2.83 bits per heavy atom. The Labute approximate surface area is 167 Å². The Hall–Kier alpha value is -2.98. The first-order valence-corrected chi connectivity index (χ1v) is 10.8. The number of H-pyrrole nitrogens is 1. The summed E-state index contributed by atoms with van der Waals surface area (Å²) in [4.78, 5) is 14.5. The molecule has 0 saturated heterocycles. The molecule has 2 bridgehead atoms. The molecule has 0 unspecified atom stereocenters. The number of sulfone groups is 1. The van der Waals surface area contributed by atoms with Gasteiger partial charge in [-0.1, -0.05) is 0 Å². The minimum atomic E-state index is -3.49. The van der Waals surface area contributed by atoms with Crippen molar-refractivity contribution in [3.8, 4) is 0 Å². The fourth-order valence-electron chi connectivity index (χ4n) is 3.17. The molecule has 0 spiro atoms. The highest BCUT2D eigenvalue weighted by atomic mass is 32.2. The van der Waals surface area contributed by atoms with Crippen LogP contribution in [0.25, 0.3) is 23.1 Å². The number of likely N-dealkylation sites (N-methyl/N-ethyl adjacent to an activating group) is 1. The summed E-state index contributed by atoms with van der Waals surface area (Å²) in [6.45, 7) is 0.615. The van der Waals surface area contributed by atoms with Crippen LogP contribution < -0.4 is 0 Å². The number of carbonyl (C=O) groups excluding carboxylic acids is 1. The van der Waals surface area contributed by atoms with Gasteiger partial charge in [0.25, 0.3) is 5.91 Å². The van der Waals surface area contributed by atoms with Gasteiger partial charge in [-0.3, -0.25) is 14.6 Å². The number of carbonyl (C=O) groups is 1. The van der Waals surface area contributed by atoms with Crippen LogP contribution in [0, 0.1) is 0 Å². The number of rotatable bonds is 0. The zero-order valence-corrected chi connectivity index (χ0v) is 16.9. The summed E-state index contributed by atoms with van der Waals surface area (Å²) in [6.07, 6.45) is 5.26. The highest BCUT2D eigenvalue weighted by Crippen LogP contribution is 2.23. The molecule has 1 aliphatic rings. The van der Waals surface area contributed by atoms with Crippen molar-refractivity contribution in [3.63, 3.8) is 0 Å². The molecule has 1 aliphatic heterocycles. The summed E-state index contributed by atoms with van der Waals surface area (Å²) in [5.74, 6) is -0.369. The van der Waals surface area contributed by atoms with Crippen LogP contribution in [0.2, 0.25) is 0 Å². The van der Waals surface area contributed by atoms with Crippen molar-refractivity contribution in [1.29, 1.82) is 0 Å². The van der Waals surface area contributed by atoms with E-state index in [0.717, 1.165) is 5.52 Å². The van der Waals surface area contributed by atoms with E-state index in [0.29, 0.717) is 28.9 Å². The van der Waals surface area contributed by atoms with Gasteiger partial charge in [0.05, 0.1) is 35.1 Å². The molecule has 0 atom stereocenters. The molecule has 4 rings (SSSR count). The minimum absolute atomic E-state index is 0.0510. The fourth-order valence-corrected chi connectivity index (χ4v) is 4.32. The quantitative estimate of drug-likeness (QED) is 0.593. The van der Waals surface area contributed by atoms with Crippen molar-refractivity contribution >= 4 is 38.8 Å². The van der Waals surface area contributed by atoms with E-state index in [1.165, 1.54) is 4.90 Å². The summed E-state index contributed by atoms with van der Waals surface area (Å²) in [6, 6.07) is 4.88. The Morgan fingerprint density at radius 2 is 2.00 bits per heavy atom. The van der Waals surface area contributed by atoms with Crippen molar-refractivity contribution in [2.45, 2.75) is 4.90 Å². The lowest BCUT2D eigenvalue weighted by molar-refractivity contribution is 0.0705. The predicted octanol–water partition coefficient (Wildman–Crippen LogP) is 1.34. The van der Waals surface area contributed by atoms with Gasteiger partial charge in [0.15, 0.2) is 15.5 Å². The molecule has 3 aromatic rings. The molecular weight excluding hydrogens is 394 g/mol. The van der Waals surface area contributed by atoms with E-state index in [-0.39, 0.29) is 29.8 Å². The molecule has 1 amide bonds. The number of amides is 1. The van der Waals surface area contributed by atoms with Crippen LogP contribution in [-0.2, 0) is 21.6 Å². The molecule has 1 N–H and O–H groups in total. The van der Waals surface area contributed by atoms with E-state index in [4.69, 9.17) is 4.74 Å². The Morgan fingerprint density at radius 1 is 1.17 bits per heavy atom. The number of aryl methyl sites for hydroxylation is 1. The second-order valence-corrected chi connectivity index (χ2v) is 9.02. The van der Waals surface area contributed by atoms with E-state index < -0.39 is 9.84 Å². The van der Waals surface area contributed by atoms with E-state index in [1.807, 2.05) is 0 Å². The topological polar surface area (TPSA) is 110 Å². The number of ether oxygens (including phenoxy) is 1. The monoisotopic (exact) mass is 415 g/mol. The van der Waals surface area contributed by atoms with Crippen molar-refractivity contribution in [3.05, 3.63) is 41.3 Å². The number of hydrogen-bond donors (Lipinski definition) is 1. The molecule has 10 heteroatoms. The summed E-state index contributed by atoms with van der Waals surface area (Å²) >= 11 is 0. The molecule has 1 aromatic carbocycles. The highest BCUT2D eigenvalue weighted by Gasteiger charge is 2.20. The maximum atomic E-state index is 12.8. The average molecular weight is 415 g/mol. The molecule has 3 heterocycles.